The minimum atomic E-state index is -0.214. The molecule has 2 atom stereocenters. The van der Waals surface area contributed by atoms with Gasteiger partial charge in [-0.05, 0) is 12.8 Å². The van der Waals surface area contributed by atoms with Gasteiger partial charge in [-0.25, -0.2) is 0 Å². The molecule has 16 heavy (non-hydrogen) atoms. The van der Waals surface area contributed by atoms with E-state index in [0.717, 1.165) is 32.1 Å². The first-order valence-electron chi connectivity index (χ1n) is 6.25. The third-order valence-electron chi connectivity index (χ3n) is 2.87. The van der Waals surface area contributed by atoms with Crippen LogP contribution in [0.1, 0.15) is 46.0 Å². The van der Waals surface area contributed by atoms with E-state index in [1.807, 2.05) is 0 Å². The first-order valence-corrected chi connectivity index (χ1v) is 6.25. The summed E-state index contributed by atoms with van der Waals surface area (Å²) < 4.78 is 5.20. The highest BCUT2D eigenvalue weighted by atomic mass is 16.7. The van der Waals surface area contributed by atoms with E-state index in [9.17, 15) is 4.79 Å². The molecule has 0 amide bonds. The van der Waals surface area contributed by atoms with E-state index in [1.54, 1.807) is 12.1 Å². The van der Waals surface area contributed by atoms with Gasteiger partial charge in [-0.3, -0.25) is 9.63 Å². The number of unbranched alkanes of at least 4 members (excludes halogenated alkanes) is 1. The number of nitrogens with zero attached hydrogens (tertiary/aromatic N) is 1. The Bertz CT molecular complexity index is 220. The normalized spacial score (nSPS) is 25.9. The summed E-state index contributed by atoms with van der Waals surface area (Å²) >= 11 is 0. The van der Waals surface area contributed by atoms with Crippen LogP contribution in [0.25, 0.3) is 0 Å². The van der Waals surface area contributed by atoms with E-state index in [0.29, 0.717) is 6.61 Å². The van der Waals surface area contributed by atoms with Crippen LogP contribution < -0.4 is 0 Å². The molecule has 1 heterocycles. The maximum atomic E-state index is 11.7. The highest BCUT2D eigenvalue weighted by Gasteiger charge is 2.36. The van der Waals surface area contributed by atoms with Crippen LogP contribution in [0.4, 0.5) is 0 Å². The molecule has 94 valence electrons. The van der Waals surface area contributed by atoms with Crippen molar-refractivity contribution in [3.63, 3.8) is 0 Å². The van der Waals surface area contributed by atoms with Crippen molar-refractivity contribution in [1.82, 2.24) is 5.06 Å². The second-order valence-corrected chi connectivity index (χ2v) is 4.33. The van der Waals surface area contributed by atoms with Crippen molar-refractivity contribution in [2.45, 2.75) is 58.1 Å². The average Bonchev–Trinajstić information content (AvgIpc) is 2.60. The van der Waals surface area contributed by atoms with Crippen molar-refractivity contribution in [3.05, 3.63) is 0 Å². The molecular weight excluding hydrogens is 206 g/mol. The quantitative estimate of drug-likeness (QED) is 0.516. The number of esters is 1. The number of carbonyl (C=O) groups is 1. The smallest absolute Gasteiger partial charge is 0.325 e. The molecule has 0 N–H and O–H groups in total. The van der Waals surface area contributed by atoms with Gasteiger partial charge < -0.3 is 4.74 Å². The van der Waals surface area contributed by atoms with Crippen LogP contribution in [0.3, 0.4) is 0 Å². The number of hydrogen-bond acceptors (Lipinski definition) is 4. The highest BCUT2D eigenvalue weighted by molar-refractivity contribution is 5.75. The highest BCUT2D eigenvalue weighted by Crippen LogP contribution is 2.23. The summed E-state index contributed by atoms with van der Waals surface area (Å²) in [5.41, 5.74) is 0. The lowest BCUT2D eigenvalue weighted by Gasteiger charge is -2.15. The van der Waals surface area contributed by atoms with Gasteiger partial charge in [0.15, 0.2) is 0 Å². The molecule has 0 aromatic heterocycles. The predicted molar refractivity (Wildman–Crippen MR) is 61.8 cm³/mol. The predicted octanol–water partition coefficient (Wildman–Crippen LogP) is 2.13. The van der Waals surface area contributed by atoms with Crippen LogP contribution in [0.15, 0.2) is 0 Å². The molecule has 4 nitrogen and oxygen atoms in total. The van der Waals surface area contributed by atoms with Gasteiger partial charge in [-0.15, -0.1) is 0 Å². The van der Waals surface area contributed by atoms with Crippen molar-refractivity contribution in [2.75, 3.05) is 13.7 Å². The number of likely N-dealkylation sites (N-methyl/N-ethyl adjacent to an activating group) is 1. The standard InChI is InChI=1S/C12H23NO3/c1-4-6-8-15-12(14)11-9-10(7-5-2)16-13(11)3/h10-11H,4-9H2,1-3H3. The molecule has 0 saturated carbocycles. The van der Waals surface area contributed by atoms with E-state index >= 15 is 0 Å². The van der Waals surface area contributed by atoms with Gasteiger partial charge in [0.25, 0.3) is 0 Å². The molecule has 1 fully saturated rings. The summed E-state index contributed by atoms with van der Waals surface area (Å²) in [4.78, 5) is 17.3. The Morgan fingerprint density at radius 2 is 2.19 bits per heavy atom. The summed E-state index contributed by atoms with van der Waals surface area (Å²) in [6.07, 6.45) is 5.00. The fourth-order valence-corrected chi connectivity index (χ4v) is 1.90. The monoisotopic (exact) mass is 229 g/mol. The van der Waals surface area contributed by atoms with E-state index in [1.165, 1.54) is 0 Å². The van der Waals surface area contributed by atoms with Gasteiger partial charge >= 0.3 is 5.97 Å². The molecule has 0 bridgehead atoms. The fraction of sp³-hybridized carbons (Fsp3) is 0.917. The SMILES string of the molecule is CCCCOC(=O)C1CC(CCC)ON1C. The summed E-state index contributed by atoms with van der Waals surface area (Å²) in [5.74, 6) is -0.144. The van der Waals surface area contributed by atoms with Crippen LogP contribution in [0.2, 0.25) is 0 Å². The fourth-order valence-electron chi connectivity index (χ4n) is 1.90. The second kappa shape index (κ2) is 6.86. The topological polar surface area (TPSA) is 38.8 Å². The first kappa shape index (κ1) is 13.5. The van der Waals surface area contributed by atoms with Crippen molar-refractivity contribution in [2.24, 2.45) is 0 Å². The Hall–Kier alpha value is -0.610. The summed E-state index contributed by atoms with van der Waals surface area (Å²) in [6, 6.07) is -0.214. The molecule has 0 aromatic carbocycles. The minimum absolute atomic E-state index is 0.144. The Labute approximate surface area is 97.9 Å². The van der Waals surface area contributed by atoms with E-state index in [2.05, 4.69) is 13.8 Å². The lowest BCUT2D eigenvalue weighted by molar-refractivity contribution is -0.172. The molecular formula is C12H23NO3. The first-order chi connectivity index (χ1) is 7.69. The molecule has 4 heteroatoms. The number of hydrogen-bond donors (Lipinski definition) is 0. The van der Waals surface area contributed by atoms with E-state index in [-0.39, 0.29) is 18.1 Å². The van der Waals surface area contributed by atoms with Gasteiger partial charge in [0.05, 0.1) is 12.7 Å². The van der Waals surface area contributed by atoms with Crippen molar-refractivity contribution < 1.29 is 14.4 Å². The Balaban J connectivity index is 2.32. The molecule has 0 spiro atoms. The molecule has 0 radical (unpaired) electrons. The van der Waals surface area contributed by atoms with Crippen LogP contribution in [-0.4, -0.2) is 36.8 Å². The molecule has 1 saturated heterocycles. The van der Waals surface area contributed by atoms with Crippen LogP contribution in [0, 0.1) is 0 Å². The van der Waals surface area contributed by atoms with Crippen molar-refractivity contribution in [1.29, 1.82) is 0 Å². The van der Waals surface area contributed by atoms with Gasteiger partial charge in [0.1, 0.15) is 6.04 Å². The molecule has 0 aliphatic carbocycles. The van der Waals surface area contributed by atoms with Crippen LogP contribution >= 0.6 is 0 Å². The Morgan fingerprint density at radius 3 is 2.81 bits per heavy atom. The molecule has 1 aliphatic heterocycles. The Kier molecular flexibility index (Phi) is 5.77. The van der Waals surface area contributed by atoms with Crippen molar-refractivity contribution >= 4 is 5.97 Å². The van der Waals surface area contributed by atoms with Gasteiger partial charge in [-0.2, -0.15) is 5.06 Å². The zero-order valence-electron chi connectivity index (χ0n) is 10.6. The zero-order chi connectivity index (χ0) is 12.0. The number of hydroxylamine groups is 2. The molecule has 2 unspecified atom stereocenters. The number of rotatable bonds is 6. The van der Waals surface area contributed by atoms with Crippen LogP contribution in [-0.2, 0) is 14.4 Å². The van der Waals surface area contributed by atoms with Gasteiger partial charge in [0, 0.05) is 13.5 Å². The van der Waals surface area contributed by atoms with Crippen molar-refractivity contribution in [3.8, 4) is 0 Å². The molecule has 1 rings (SSSR count). The average molecular weight is 229 g/mol. The van der Waals surface area contributed by atoms with Crippen LogP contribution in [0.5, 0.6) is 0 Å². The maximum absolute atomic E-state index is 11.7. The third-order valence-corrected chi connectivity index (χ3v) is 2.87. The maximum Gasteiger partial charge on any atom is 0.325 e. The second-order valence-electron chi connectivity index (χ2n) is 4.33. The molecule has 0 aromatic rings. The zero-order valence-corrected chi connectivity index (χ0v) is 10.6. The Morgan fingerprint density at radius 1 is 1.44 bits per heavy atom. The third kappa shape index (κ3) is 3.76. The number of ether oxygens (including phenoxy) is 1. The lowest BCUT2D eigenvalue weighted by Crippen LogP contribution is -2.33. The summed E-state index contributed by atoms with van der Waals surface area (Å²) in [5, 5.41) is 1.65. The lowest BCUT2D eigenvalue weighted by atomic mass is 10.1. The van der Waals surface area contributed by atoms with Gasteiger partial charge in [0.2, 0.25) is 0 Å². The minimum Gasteiger partial charge on any atom is -0.464 e. The largest absolute Gasteiger partial charge is 0.464 e. The van der Waals surface area contributed by atoms with E-state index in [4.69, 9.17) is 9.57 Å². The number of carbonyl (C=O) groups excluding carboxylic acids is 1. The van der Waals surface area contributed by atoms with E-state index < -0.39 is 0 Å². The summed E-state index contributed by atoms with van der Waals surface area (Å²) in [6.45, 7) is 4.73. The van der Waals surface area contributed by atoms with Gasteiger partial charge in [-0.1, -0.05) is 26.7 Å². The summed E-state index contributed by atoms with van der Waals surface area (Å²) in [7, 11) is 1.81. The molecule has 1 aliphatic rings.